The number of hydrogen-bond donors (Lipinski definition) is 1. The van der Waals surface area contributed by atoms with Crippen molar-refractivity contribution in [1.82, 2.24) is 19.2 Å². The van der Waals surface area contributed by atoms with E-state index < -0.39 is 33.9 Å². The van der Waals surface area contributed by atoms with Crippen LogP contribution >= 0.6 is 11.6 Å². The maximum absolute atomic E-state index is 13.0. The second kappa shape index (κ2) is 8.71. The van der Waals surface area contributed by atoms with Crippen molar-refractivity contribution in [2.45, 2.75) is 6.18 Å². The van der Waals surface area contributed by atoms with Crippen molar-refractivity contribution in [2.75, 3.05) is 42.9 Å². The minimum absolute atomic E-state index is 0.00161. The van der Waals surface area contributed by atoms with Gasteiger partial charge in [0.2, 0.25) is 11.7 Å². The van der Waals surface area contributed by atoms with E-state index in [1.54, 1.807) is 9.80 Å². The van der Waals surface area contributed by atoms with Crippen LogP contribution in [0.5, 0.6) is 0 Å². The number of carbonyl (C=O) groups is 1. The number of alkyl halides is 3. The molecule has 0 radical (unpaired) electrons. The number of anilines is 2. The fraction of sp³-hybridized carbons (Fsp3) is 0.444. The molecule has 2 heterocycles. The van der Waals surface area contributed by atoms with E-state index in [2.05, 4.69) is 10.4 Å². The molecule has 1 aromatic carbocycles. The Morgan fingerprint density at radius 1 is 1.16 bits per heavy atom. The van der Waals surface area contributed by atoms with Crippen molar-refractivity contribution in [3.63, 3.8) is 0 Å². The first-order chi connectivity index (χ1) is 14.5. The van der Waals surface area contributed by atoms with Crippen LogP contribution in [-0.2, 0) is 25.1 Å². The average Bonchev–Trinajstić information content (AvgIpc) is 2.70. The van der Waals surface area contributed by atoms with Crippen molar-refractivity contribution in [1.29, 1.82) is 0 Å². The highest BCUT2D eigenvalue weighted by molar-refractivity contribution is 6.31. The SMILES string of the molecule is Cn1nc(N2CCN(CC(=O)Nc3ccc(Cl)c(C(F)(F)F)c3)CC2)c(=O)n(C)c1=O. The molecule has 1 aliphatic heterocycles. The lowest BCUT2D eigenvalue weighted by atomic mass is 10.2. The molecule has 0 aliphatic carbocycles. The van der Waals surface area contributed by atoms with Gasteiger partial charge < -0.3 is 10.2 Å². The Hall–Kier alpha value is -2.86. The second-order valence-corrected chi connectivity index (χ2v) is 7.50. The van der Waals surface area contributed by atoms with Gasteiger partial charge in [-0.05, 0) is 18.2 Å². The average molecular weight is 461 g/mol. The van der Waals surface area contributed by atoms with Gasteiger partial charge in [-0.2, -0.15) is 13.2 Å². The summed E-state index contributed by atoms with van der Waals surface area (Å²) in [5.41, 5.74) is -2.05. The summed E-state index contributed by atoms with van der Waals surface area (Å²) in [7, 11) is 2.82. The molecule has 1 aliphatic rings. The molecule has 0 saturated carbocycles. The fourth-order valence-corrected chi connectivity index (χ4v) is 3.45. The molecular weight excluding hydrogens is 441 g/mol. The quantitative estimate of drug-likeness (QED) is 0.729. The van der Waals surface area contributed by atoms with E-state index in [9.17, 15) is 27.6 Å². The molecule has 0 bridgehead atoms. The highest BCUT2D eigenvalue weighted by Gasteiger charge is 2.33. The van der Waals surface area contributed by atoms with Crippen molar-refractivity contribution in [3.05, 3.63) is 49.6 Å². The molecule has 1 fully saturated rings. The highest BCUT2D eigenvalue weighted by atomic mass is 35.5. The van der Waals surface area contributed by atoms with Crippen molar-refractivity contribution < 1.29 is 18.0 Å². The Morgan fingerprint density at radius 3 is 2.42 bits per heavy atom. The van der Waals surface area contributed by atoms with Gasteiger partial charge in [0, 0.05) is 46.0 Å². The number of aromatic nitrogens is 3. The first kappa shape index (κ1) is 22.8. The van der Waals surface area contributed by atoms with Crippen LogP contribution in [0.2, 0.25) is 5.02 Å². The molecule has 2 aromatic rings. The predicted molar refractivity (Wildman–Crippen MR) is 108 cm³/mol. The van der Waals surface area contributed by atoms with Gasteiger partial charge in [0.1, 0.15) is 0 Å². The Balaban J connectivity index is 1.60. The van der Waals surface area contributed by atoms with Gasteiger partial charge in [0.05, 0.1) is 17.1 Å². The lowest BCUT2D eigenvalue weighted by Gasteiger charge is -2.34. The number of amides is 1. The van der Waals surface area contributed by atoms with E-state index >= 15 is 0 Å². The van der Waals surface area contributed by atoms with Crippen LogP contribution in [0, 0.1) is 0 Å². The number of nitrogens with one attached hydrogen (secondary N) is 1. The van der Waals surface area contributed by atoms with Gasteiger partial charge in [-0.15, -0.1) is 5.10 Å². The minimum Gasteiger partial charge on any atom is -0.348 e. The summed E-state index contributed by atoms with van der Waals surface area (Å²) in [6, 6.07) is 3.17. The zero-order chi connectivity index (χ0) is 22.9. The number of piperazine rings is 1. The molecular formula is C18H20ClF3N6O3. The van der Waals surface area contributed by atoms with Gasteiger partial charge in [-0.25, -0.2) is 9.48 Å². The van der Waals surface area contributed by atoms with Crippen molar-refractivity contribution >= 4 is 29.0 Å². The summed E-state index contributed by atoms with van der Waals surface area (Å²) < 4.78 is 40.9. The van der Waals surface area contributed by atoms with Gasteiger partial charge in [0.25, 0.3) is 5.56 Å². The molecule has 9 nitrogen and oxygen atoms in total. The number of benzene rings is 1. The number of carbonyl (C=O) groups excluding carboxylic acids is 1. The lowest BCUT2D eigenvalue weighted by molar-refractivity contribution is -0.137. The molecule has 13 heteroatoms. The number of hydrogen-bond acceptors (Lipinski definition) is 6. The van der Waals surface area contributed by atoms with Crippen LogP contribution in [0.15, 0.2) is 27.8 Å². The molecule has 31 heavy (non-hydrogen) atoms. The molecule has 1 saturated heterocycles. The maximum Gasteiger partial charge on any atom is 0.417 e. The molecule has 0 spiro atoms. The van der Waals surface area contributed by atoms with E-state index in [-0.39, 0.29) is 18.1 Å². The lowest BCUT2D eigenvalue weighted by Crippen LogP contribution is -2.52. The molecule has 1 amide bonds. The van der Waals surface area contributed by atoms with Crippen LogP contribution in [-0.4, -0.2) is 57.9 Å². The Morgan fingerprint density at radius 2 is 1.81 bits per heavy atom. The molecule has 3 rings (SSSR count). The van der Waals surface area contributed by atoms with Crippen molar-refractivity contribution in [3.8, 4) is 0 Å². The van der Waals surface area contributed by atoms with Crippen LogP contribution in [0.4, 0.5) is 24.7 Å². The zero-order valence-electron chi connectivity index (χ0n) is 16.7. The normalized spacial score (nSPS) is 15.2. The van der Waals surface area contributed by atoms with E-state index in [4.69, 9.17) is 11.6 Å². The summed E-state index contributed by atoms with van der Waals surface area (Å²) >= 11 is 5.58. The van der Waals surface area contributed by atoms with Crippen LogP contribution in [0.1, 0.15) is 5.56 Å². The van der Waals surface area contributed by atoms with Gasteiger partial charge in [-0.1, -0.05) is 11.6 Å². The van der Waals surface area contributed by atoms with Crippen molar-refractivity contribution in [2.24, 2.45) is 14.1 Å². The Kier molecular flexibility index (Phi) is 6.41. The molecule has 0 atom stereocenters. The maximum atomic E-state index is 13.0. The van der Waals surface area contributed by atoms with Crippen LogP contribution in [0.25, 0.3) is 0 Å². The first-order valence-corrected chi connectivity index (χ1v) is 9.63. The third kappa shape index (κ3) is 5.07. The molecule has 0 unspecified atom stereocenters. The minimum atomic E-state index is -4.62. The second-order valence-electron chi connectivity index (χ2n) is 7.10. The van der Waals surface area contributed by atoms with Gasteiger partial charge in [-0.3, -0.25) is 19.1 Å². The zero-order valence-corrected chi connectivity index (χ0v) is 17.5. The van der Waals surface area contributed by atoms with Crippen LogP contribution < -0.4 is 21.5 Å². The summed E-state index contributed by atoms with van der Waals surface area (Å²) in [6.45, 7) is 1.61. The Labute approximate surface area is 179 Å². The third-order valence-corrected chi connectivity index (χ3v) is 5.23. The first-order valence-electron chi connectivity index (χ1n) is 9.25. The third-order valence-electron chi connectivity index (χ3n) is 4.90. The highest BCUT2D eigenvalue weighted by Crippen LogP contribution is 2.36. The number of halogens is 4. The predicted octanol–water partition coefficient (Wildman–Crippen LogP) is 0.912. The van der Waals surface area contributed by atoms with E-state index in [0.717, 1.165) is 21.4 Å². The Bertz CT molecular complexity index is 1110. The standard InChI is InChI=1S/C18H20ClF3N6O3/c1-25-16(30)15(24-26(2)17(25)31)28-7-5-27(6-8-28)10-14(29)23-11-3-4-13(19)12(9-11)18(20,21)22/h3-4,9H,5-8,10H2,1-2H3,(H,23,29). The van der Waals surface area contributed by atoms with E-state index in [1.165, 1.54) is 20.2 Å². The summed E-state index contributed by atoms with van der Waals surface area (Å²) in [5.74, 6) is -0.324. The summed E-state index contributed by atoms with van der Waals surface area (Å²) in [4.78, 5) is 39.9. The fourth-order valence-electron chi connectivity index (χ4n) is 3.22. The largest absolute Gasteiger partial charge is 0.417 e. The van der Waals surface area contributed by atoms with Crippen LogP contribution in [0.3, 0.4) is 0 Å². The molecule has 168 valence electrons. The molecule has 1 aromatic heterocycles. The van der Waals surface area contributed by atoms with Gasteiger partial charge >= 0.3 is 11.9 Å². The van der Waals surface area contributed by atoms with Gasteiger partial charge in [0.15, 0.2) is 0 Å². The monoisotopic (exact) mass is 460 g/mol. The smallest absolute Gasteiger partial charge is 0.348 e. The topological polar surface area (TPSA) is 92.5 Å². The van der Waals surface area contributed by atoms with E-state index in [1.807, 2.05) is 0 Å². The molecule has 1 N–H and O–H groups in total. The summed E-state index contributed by atoms with van der Waals surface area (Å²) in [6.07, 6.45) is -4.62. The summed E-state index contributed by atoms with van der Waals surface area (Å²) in [5, 5.41) is 6.03. The number of aryl methyl sites for hydroxylation is 1. The number of nitrogens with zero attached hydrogens (tertiary/aromatic N) is 5. The van der Waals surface area contributed by atoms with E-state index in [0.29, 0.717) is 26.2 Å². The number of rotatable bonds is 4.